The second-order valence-corrected chi connectivity index (χ2v) is 10.5. The second kappa shape index (κ2) is 8.98. The molecule has 0 bridgehead atoms. The lowest BCUT2D eigenvalue weighted by Gasteiger charge is -2.15. The maximum atomic E-state index is 12.9. The Kier molecular flexibility index (Phi) is 6.31. The van der Waals surface area contributed by atoms with Crippen molar-refractivity contribution in [2.24, 2.45) is 0 Å². The summed E-state index contributed by atoms with van der Waals surface area (Å²) in [7, 11) is -3.47. The lowest BCUT2D eigenvalue weighted by molar-refractivity contribution is 0.102. The van der Waals surface area contributed by atoms with Gasteiger partial charge in [0.2, 0.25) is 10.0 Å². The monoisotopic (exact) mass is 455 g/mol. The summed E-state index contributed by atoms with van der Waals surface area (Å²) >= 11 is 1.32. The fraction of sp³-hybridized carbons (Fsp3) is 0.304. The molecule has 0 aliphatic carbocycles. The minimum absolute atomic E-state index is 0.0239. The van der Waals surface area contributed by atoms with E-state index in [1.54, 1.807) is 12.1 Å². The first-order valence-corrected chi connectivity index (χ1v) is 12.7. The topological polar surface area (TPSA) is 72.3 Å². The van der Waals surface area contributed by atoms with Crippen LogP contribution in [0.3, 0.4) is 0 Å². The molecule has 1 aromatic carbocycles. The molecule has 6 nitrogen and oxygen atoms in total. The minimum Gasteiger partial charge on any atom is -0.318 e. The molecule has 1 aliphatic heterocycles. The Morgan fingerprint density at radius 1 is 1.06 bits per heavy atom. The van der Waals surface area contributed by atoms with Crippen LogP contribution in [0.15, 0.2) is 64.6 Å². The molecule has 1 aliphatic rings. The number of carbonyl (C=O) groups excluding carboxylic acids is 1. The second-order valence-electron chi connectivity index (χ2n) is 7.61. The Bertz CT molecular complexity index is 1180. The van der Waals surface area contributed by atoms with Crippen LogP contribution in [0.2, 0.25) is 0 Å². The van der Waals surface area contributed by atoms with Crippen LogP contribution in [-0.2, 0) is 10.0 Å². The summed E-state index contributed by atoms with van der Waals surface area (Å²) < 4.78 is 28.8. The van der Waals surface area contributed by atoms with Gasteiger partial charge in [0.15, 0.2) is 5.78 Å². The molecule has 0 radical (unpaired) electrons. The van der Waals surface area contributed by atoms with Crippen molar-refractivity contribution in [3.63, 3.8) is 0 Å². The lowest BCUT2D eigenvalue weighted by Crippen LogP contribution is -2.27. The van der Waals surface area contributed by atoms with Gasteiger partial charge in [-0.2, -0.15) is 4.31 Å². The van der Waals surface area contributed by atoms with Gasteiger partial charge in [-0.15, -0.1) is 0 Å². The van der Waals surface area contributed by atoms with E-state index >= 15 is 0 Å². The number of hydrogen-bond acceptors (Lipinski definition) is 5. The van der Waals surface area contributed by atoms with Crippen molar-refractivity contribution in [1.29, 1.82) is 0 Å². The van der Waals surface area contributed by atoms with Crippen molar-refractivity contribution in [2.45, 2.75) is 36.6 Å². The third kappa shape index (κ3) is 4.46. The number of thioether (sulfide) groups is 1. The summed E-state index contributed by atoms with van der Waals surface area (Å²) in [5, 5.41) is 0.630. The van der Waals surface area contributed by atoms with E-state index in [1.165, 1.54) is 22.3 Å². The number of rotatable bonds is 7. The highest BCUT2D eigenvalue weighted by Crippen LogP contribution is 2.25. The molecule has 1 fully saturated rings. The largest absolute Gasteiger partial charge is 0.318 e. The van der Waals surface area contributed by atoms with Crippen LogP contribution in [-0.4, -0.2) is 46.9 Å². The van der Waals surface area contributed by atoms with E-state index in [0.29, 0.717) is 23.7 Å². The fourth-order valence-corrected chi connectivity index (χ4v) is 6.11. The highest BCUT2D eigenvalue weighted by atomic mass is 32.2. The molecule has 0 amide bonds. The summed E-state index contributed by atoms with van der Waals surface area (Å²) in [6, 6.07) is 15.1. The van der Waals surface area contributed by atoms with Crippen molar-refractivity contribution in [1.82, 2.24) is 13.9 Å². The van der Waals surface area contributed by atoms with Crippen LogP contribution >= 0.6 is 11.8 Å². The third-order valence-electron chi connectivity index (χ3n) is 5.51. The molecule has 162 valence electrons. The predicted octanol–water partition coefficient (Wildman–Crippen LogP) is 4.25. The van der Waals surface area contributed by atoms with Crippen LogP contribution in [0.4, 0.5) is 0 Å². The molecule has 8 heteroatoms. The normalized spacial score (nSPS) is 14.8. The number of hydrogen-bond donors (Lipinski definition) is 0. The van der Waals surface area contributed by atoms with Crippen molar-refractivity contribution < 1.29 is 13.2 Å². The first kappa shape index (κ1) is 21.8. The van der Waals surface area contributed by atoms with E-state index in [9.17, 15) is 13.2 Å². The zero-order chi connectivity index (χ0) is 22.0. The summed E-state index contributed by atoms with van der Waals surface area (Å²) in [5.41, 5.74) is 3.64. The number of benzene rings is 1. The van der Waals surface area contributed by atoms with Gasteiger partial charge < -0.3 is 4.57 Å². The zero-order valence-corrected chi connectivity index (χ0v) is 19.2. The van der Waals surface area contributed by atoms with E-state index in [0.717, 1.165) is 29.9 Å². The molecule has 31 heavy (non-hydrogen) atoms. The number of carbonyl (C=O) groups is 1. The smallest absolute Gasteiger partial charge is 0.244 e. The quantitative estimate of drug-likeness (QED) is 0.393. The number of Topliss-reactive ketones (excluding diaryl/α,β-unsaturated/α-hetero) is 1. The zero-order valence-electron chi connectivity index (χ0n) is 17.6. The standard InChI is InChI=1S/C23H25N3O3S2/c1-17-14-21(18(2)26(17)19-8-4-3-5-9-19)22(27)16-30-23-11-10-20(15-24-23)31(28,29)25-12-6-7-13-25/h3-5,8-11,14-15H,6-7,12-13,16H2,1-2H3. The van der Waals surface area contributed by atoms with Gasteiger partial charge in [0.1, 0.15) is 4.90 Å². The highest BCUT2D eigenvalue weighted by Gasteiger charge is 2.27. The SMILES string of the molecule is Cc1cc(C(=O)CSc2ccc(S(=O)(=O)N3CCCC3)cn2)c(C)n1-c1ccccc1. The van der Waals surface area contributed by atoms with Gasteiger partial charge in [0, 0.05) is 41.9 Å². The van der Waals surface area contributed by atoms with Gasteiger partial charge in [-0.1, -0.05) is 30.0 Å². The van der Waals surface area contributed by atoms with E-state index in [1.807, 2.05) is 50.2 Å². The van der Waals surface area contributed by atoms with Crippen molar-refractivity contribution >= 4 is 27.6 Å². The minimum atomic E-state index is -3.47. The molecule has 1 saturated heterocycles. The van der Waals surface area contributed by atoms with E-state index in [2.05, 4.69) is 9.55 Å². The Morgan fingerprint density at radius 2 is 1.77 bits per heavy atom. The van der Waals surface area contributed by atoms with Gasteiger partial charge in [-0.25, -0.2) is 13.4 Å². The average Bonchev–Trinajstić information content (AvgIpc) is 3.42. The lowest BCUT2D eigenvalue weighted by atomic mass is 10.2. The summed E-state index contributed by atoms with van der Waals surface area (Å²) in [4.78, 5) is 17.4. The fourth-order valence-electron chi connectivity index (χ4n) is 3.92. The van der Waals surface area contributed by atoms with Crippen molar-refractivity contribution in [2.75, 3.05) is 18.8 Å². The average molecular weight is 456 g/mol. The Labute approximate surface area is 187 Å². The summed E-state index contributed by atoms with van der Waals surface area (Å²) in [5.74, 6) is 0.264. The first-order valence-electron chi connectivity index (χ1n) is 10.2. The molecule has 0 spiro atoms. The number of aromatic nitrogens is 2. The number of aryl methyl sites for hydroxylation is 1. The third-order valence-corrected chi connectivity index (χ3v) is 8.34. The number of nitrogens with zero attached hydrogens (tertiary/aromatic N) is 3. The van der Waals surface area contributed by atoms with Gasteiger partial charge >= 0.3 is 0 Å². The van der Waals surface area contributed by atoms with Gasteiger partial charge in [-0.05, 0) is 57.0 Å². The number of sulfonamides is 1. The Balaban J connectivity index is 1.45. The molecule has 3 heterocycles. The molecule has 0 saturated carbocycles. The molecule has 0 atom stereocenters. The Morgan fingerprint density at radius 3 is 2.42 bits per heavy atom. The molecular weight excluding hydrogens is 430 g/mol. The van der Waals surface area contributed by atoms with E-state index < -0.39 is 10.0 Å². The van der Waals surface area contributed by atoms with Crippen LogP contribution in [0.25, 0.3) is 5.69 Å². The number of pyridine rings is 1. The number of para-hydroxylation sites is 1. The maximum absolute atomic E-state index is 12.9. The molecule has 0 unspecified atom stereocenters. The molecule has 4 rings (SSSR count). The van der Waals surface area contributed by atoms with Crippen molar-refractivity contribution in [3.8, 4) is 5.69 Å². The van der Waals surface area contributed by atoms with E-state index in [-0.39, 0.29) is 16.4 Å². The van der Waals surface area contributed by atoms with Crippen LogP contribution in [0, 0.1) is 13.8 Å². The van der Waals surface area contributed by atoms with Gasteiger partial charge in [0.05, 0.1) is 10.8 Å². The molecular formula is C23H25N3O3S2. The Hall–Kier alpha value is -2.42. The highest BCUT2D eigenvalue weighted by molar-refractivity contribution is 7.99. The van der Waals surface area contributed by atoms with Crippen molar-refractivity contribution in [3.05, 3.63) is 71.7 Å². The summed E-state index contributed by atoms with van der Waals surface area (Å²) in [6.45, 7) is 5.07. The first-order chi connectivity index (χ1) is 14.9. The maximum Gasteiger partial charge on any atom is 0.244 e. The van der Waals surface area contributed by atoms with Crippen LogP contribution < -0.4 is 0 Å². The predicted molar refractivity (Wildman–Crippen MR) is 123 cm³/mol. The molecule has 0 N–H and O–H groups in total. The van der Waals surface area contributed by atoms with Crippen LogP contribution in [0.5, 0.6) is 0 Å². The number of ketones is 1. The van der Waals surface area contributed by atoms with Crippen LogP contribution in [0.1, 0.15) is 34.6 Å². The van der Waals surface area contributed by atoms with Gasteiger partial charge in [-0.3, -0.25) is 4.79 Å². The van der Waals surface area contributed by atoms with Gasteiger partial charge in [0.25, 0.3) is 0 Å². The molecule has 3 aromatic rings. The summed E-state index contributed by atoms with van der Waals surface area (Å²) in [6.07, 6.45) is 3.18. The van der Waals surface area contributed by atoms with E-state index in [4.69, 9.17) is 0 Å². The molecule has 2 aromatic heterocycles.